The molecule has 0 aliphatic carbocycles. The summed E-state index contributed by atoms with van der Waals surface area (Å²) in [5.41, 5.74) is 0. The van der Waals surface area contributed by atoms with Gasteiger partial charge in [0.2, 0.25) is 0 Å². The number of morpholine rings is 1. The van der Waals surface area contributed by atoms with Crippen LogP contribution in [0.15, 0.2) is 15.3 Å². The molecule has 1 aromatic rings. The first-order valence-electron chi connectivity index (χ1n) is 5.80. The van der Waals surface area contributed by atoms with Gasteiger partial charge in [-0.05, 0) is 45.7 Å². The van der Waals surface area contributed by atoms with E-state index in [-0.39, 0.29) is 6.10 Å². The lowest BCUT2D eigenvalue weighted by Gasteiger charge is -2.35. The molecule has 0 saturated carbocycles. The minimum atomic E-state index is 0.217. The molecule has 17 heavy (non-hydrogen) atoms. The van der Waals surface area contributed by atoms with Gasteiger partial charge in [0, 0.05) is 25.2 Å². The molecule has 4 nitrogen and oxygen atoms in total. The van der Waals surface area contributed by atoms with Crippen molar-refractivity contribution in [1.82, 2.24) is 14.7 Å². The third-order valence-corrected chi connectivity index (χ3v) is 4.00. The number of rotatable bonds is 3. The Morgan fingerprint density at radius 3 is 2.88 bits per heavy atom. The lowest BCUT2D eigenvalue weighted by Crippen LogP contribution is -2.47. The molecule has 0 amide bonds. The quantitative estimate of drug-likeness (QED) is 0.823. The summed E-state index contributed by atoms with van der Waals surface area (Å²) in [6.45, 7) is 8.05. The molecule has 1 aromatic heterocycles. The van der Waals surface area contributed by atoms with Crippen molar-refractivity contribution >= 4 is 31.9 Å². The second kappa shape index (κ2) is 5.82. The van der Waals surface area contributed by atoms with Gasteiger partial charge in [-0.3, -0.25) is 9.58 Å². The Morgan fingerprint density at radius 2 is 2.29 bits per heavy atom. The van der Waals surface area contributed by atoms with E-state index in [2.05, 4.69) is 55.7 Å². The molecule has 0 bridgehead atoms. The highest BCUT2D eigenvalue weighted by Crippen LogP contribution is 2.18. The molecule has 0 radical (unpaired) electrons. The number of hydrogen-bond acceptors (Lipinski definition) is 3. The van der Waals surface area contributed by atoms with Crippen LogP contribution in [0.2, 0.25) is 0 Å². The Balaban J connectivity index is 1.97. The van der Waals surface area contributed by atoms with Crippen LogP contribution in [0.1, 0.15) is 13.8 Å². The highest BCUT2D eigenvalue weighted by Gasteiger charge is 2.23. The van der Waals surface area contributed by atoms with Gasteiger partial charge in [-0.15, -0.1) is 0 Å². The van der Waals surface area contributed by atoms with Crippen LogP contribution in [0, 0.1) is 0 Å². The van der Waals surface area contributed by atoms with Crippen molar-refractivity contribution in [2.45, 2.75) is 32.5 Å². The summed E-state index contributed by atoms with van der Waals surface area (Å²) >= 11 is 6.86. The molecule has 0 N–H and O–H groups in total. The van der Waals surface area contributed by atoms with Gasteiger partial charge in [0.25, 0.3) is 0 Å². The summed E-state index contributed by atoms with van der Waals surface area (Å²) in [6, 6.07) is 2.53. The van der Waals surface area contributed by atoms with Crippen LogP contribution in [-0.2, 0) is 11.3 Å². The SMILES string of the molecule is CC(C)N1CCOC(Cn2nc(Br)cc2Br)C1. The standard InChI is InChI=1S/C11H17Br2N3O/c1-8(2)15-3-4-17-9(6-15)7-16-11(13)5-10(12)14-16/h5,8-9H,3-4,6-7H2,1-2H3. The fraction of sp³-hybridized carbons (Fsp3) is 0.727. The van der Waals surface area contributed by atoms with Crippen molar-refractivity contribution in [3.8, 4) is 0 Å². The highest BCUT2D eigenvalue weighted by atomic mass is 79.9. The van der Waals surface area contributed by atoms with Crippen molar-refractivity contribution in [2.24, 2.45) is 0 Å². The maximum Gasteiger partial charge on any atom is 0.129 e. The first kappa shape index (κ1) is 13.5. The smallest absolute Gasteiger partial charge is 0.129 e. The zero-order valence-electron chi connectivity index (χ0n) is 10.1. The van der Waals surface area contributed by atoms with Crippen LogP contribution >= 0.6 is 31.9 Å². The van der Waals surface area contributed by atoms with E-state index in [0.717, 1.165) is 35.4 Å². The minimum Gasteiger partial charge on any atom is -0.374 e. The van der Waals surface area contributed by atoms with Crippen LogP contribution in [0.5, 0.6) is 0 Å². The molecular weight excluding hydrogens is 350 g/mol. The van der Waals surface area contributed by atoms with E-state index in [9.17, 15) is 0 Å². The van der Waals surface area contributed by atoms with Crippen molar-refractivity contribution in [3.63, 3.8) is 0 Å². The predicted molar refractivity (Wildman–Crippen MR) is 74.1 cm³/mol. The van der Waals surface area contributed by atoms with Crippen LogP contribution in [0.3, 0.4) is 0 Å². The van der Waals surface area contributed by atoms with Crippen LogP contribution in [0.25, 0.3) is 0 Å². The molecule has 0 aromatic carbocycles. The average molecular weight is 367 g/mol. The molecule has 1 aliphatic heterocycles. The molecule has 1 unspecified atom stereocenters. The molecule has 1 fully saturated rings. The van der Waals surface area contributed by atoms with E-state index in [1.165, 1.54) is 0 Å². The summed E-state index contributed by atoms with van der Waals surface area (Å²) < 4.78 is 9.55. The monoisotopic (exact) mass is 365 g/mol. The van der Waals surface area contributed by atoms with Crippen LogP contribution < -0.4 is 0 Å². The summed E-state index contributed by atoms with van der Waals surface area (Å²) in [6.07, 6.45) is 0.217. The molecular formula is C11H17Br2N3O. The number of aromatic nitrogens is 2. The van der Waals surface area contributed by atoms with Gasteiger partial charge in [0.1, 0.15) is 9.21 Å². The third kappa shape index (κ3) is 3.53. The average Bonchev–Trinajstić information content (AvgIpc) is 2.58. The van der Waals surface area contributed by atoms with E-state index in [1.807, 2.05) is 10.7 Å². The first-order valence-corrected chi connectivity index (χ1v) is 7.39. The molecule has 96 valence electrons. The molecule has 2 heterocycles. The largest absolute Gasteiger partial charge is 0.374 e. The second-order valence-corrected chi connectivity index (χ2v) is 6.18. The highest BCUT2D eigenvalue weighted by molar-refractivity contribution is 9.11. The zero-order chi connectivity index (χ0) is 12.4. The topological polar surface area (TPSA) is 30.3 Å². The Morgan fingerprint density at radius 1 is 1.53 bits per heavy atom. The van der Waals surface area contributed by atoms with Gasteiger partial charge in [-0.25, -0.2) is 0 Å². The molecule has 2 rings (SSSR count). The fourth-order valence-corrected chi connectivity index (χ4v) is 3.16. The fourth-order valence-electron chi connectivity index (χ4n) is 2.01. The number of ether oxygens (including phenoxy) is 1. The molecule has 0 spiro atoms. The van der Waals surface area contributed by atoms with Crippen LogP contribution in [-0.4, -0.2) is 46.5 Å². The van der Waals surface area contributed by atoms with Crippen molar-refractivity contribution in [3.05, 3.63) is 15.3 Å². The molecule has 6 heteroatoms. The summed E-state index contributed by atoms with van der Waals surface area (Å²) in [5.74, 6) is 0. The van der Waals surface area contributed by atoms with Gasteiger partial charge in [0.15, 0.2) is 0 Å². The summed E-state index contributed by atoms with van der Waals surface area (Å²) in [7, 11) is 0. The van der Waals surface area contributed by atoms with E-state index in [0.29, 0.717) is 6.04 Å². The number of hydrogen-bond donors (Lipinski definition) is 0. The van der Waals surface area contributed by atoms with E-state index in [1.54, 1.807) is 0 Å². The van der Waals surface area contributed by atoms with Crippen molar-refractivity contribution in [1.29, 1.82) is 0 Å². The number of halogens is 2. The van der Waals surface area contributed by atoms with Gasteiger partial charge >= 0.3 is 0 Å². The predicted octanol–water partition coefficient (Wildman–Crippen LogP) is 2.52. The van der Waals surface area contributed by atoms with Gasteiger partial charge < -0.3 is 4.74 Å². The van der Waals surface area contributed by atoms with Crippen molar-refractivity contribution in [2.75, 3.05) is 19.7 Å². The van der Waals surface area contributed by atoms with E-state index >= 15 is 0 Å². The normalized spacial score (nSPS) is 22.3. The Hall–Kier alpha value is 0.0900. The maximum atomic E-state index is 5.79. The first-order chi connectivity index (χ1) is 8.06. The molecule has 1 saturated heterocycles. The summed E-state index contributed by atoms with van der Waals surface area (Å²) in [5, 5.41) is 4.36. The second-order valence-electron chi connectivity index (χ2n) is 4.55. The molecule has 1 atom stereocenters. The van der Waals surface area contributed by atoms with Gasteiger partial charge in [-0.1, -0.05) is 0 Å². The third-order valence-electron chi connectivity index (χ3n) is 2.98. The van der Waals surface area contributed by atoms with Gasteiger partial charge in [-0.2, -0.15) is 5.10 Å². The summed E-state index contributed by atoms with van der Waals surface area (Å²) in [4.78, 5) is 2.45. The Bertz CT molecular complexity index is 381. The Labute approximate surface area is 119 Å². The maximum absolute atomic E-state index is 5.79. The van der Waals surface area contributed by atoms with E-state index in [4.69, 9.17) is 4.74 Å². The van der Waals surface area contributed by atoms with Crippen molar-refractivity contribution < 1.29 is 4.74 Å². The van der Waals surface area contributed by atoms with Crippen LogP contribution in [0.4, 0.5) is 0 Å². The Kier molecular flexibility index (Phi) is 4.63. The molecule has 1 aliphatic rings. The zero-order valence-corrected chi connectivity index (χ0v) is 13.2. The lowest BCUT2D eigenvalue weighted by atomic mass is 10.2. The lowest BCUT2D eigenvalue weighted by molar-refractivity contribution is -0.0472. The van der Waals surface area contributed by atoms with E-state index < -0.39 is 0 Å². The van der Waals surface area contributed by atoms with Gasteiger partial charge in [0.05, 0.1) is 19.3 Å². The minimum absolute atomic E-state index is 0.217. The number of nitrogens with zero attached hydrogens (tertiary/aromatic N) is 3.